The molecule has 17 heavy (non-hydrogen) atoms. The van der Waals surface area contributed by atoms with Gasteiger partial charge in [-0.2, -0.15) is 0 Å². The molecule has 0 aliphatic heterocycles. The van der Waals surface area contributed by atoms with E-state index in [2.05, 4.69) is 21.7 Å². The molecule has 1 aromatic heterocycles. The number of likely N-dealkylation sites (N-methyl/N-ethyl adjacent to an activating group) is 1. The second kappa shape index (κ2) is 7.79. The van der Waals surface area contributed by atoms with E-state index >= 15 is 0 Å². The van der Waals surface area contributed by atoms with Crippen molar-refractivity contribution in [1.29, 1.82) is 0 Å². The van der Waals surface area contributed by atoms with E-state index in [1.165, 1.54) is 7.11 Å². The number of nitrogens with zero attached hydrogens (tertiary/aromatic N) is 2. The summed E-state index contributed by atoms with van der Waals surface area (Å²) < 4.78 is 4.59. The van der Waals surface area contributed by atoms with E-state index in [4.69, 9.17) is 0 Å². The zero-order valence-electron chi connectivity index (χ0n) is 10.6. The predicted molar refractivity (Wildman–Crippen MR) is 66.7 cm³/mol. The SMILES string of the molecule is COC(=O)CCCN(C)CCc1ccccn1. The Morgan fingerprint density at radius 2 is 2.24 bits per heavy atom. The van der Waals surface area contributed by atoms with Crippen LogP contribution in [0.4, 0.5) is 0 Å². The molecule has 1 rings (SSSR count). The minimum absolute atomic E-state index is 0.136. The van der Waals surface area contributed by atoms with Crippen molar-refractivity contribution in [3.8, 4) is 0 Å². The molecule has 0 atom stereocenters. The summed E-state index contributed by atoms with van der Waals surface area (Å²) in [5.41, 5.74) is 1.10. The fraction of sp³-hybridized carbons (Fsp3) is 0.538. The number of esters is 1. The first-order chi connectivity index (χ1) is 8.22. The molecule has 4 nitrogen and oxygen atoms in total. The molecule has 0 radical (unpaired) electrons. The van der Waals surface area contributed by atoms with Crippen LogP contribution in [0.5, 0.6) is 0 Å². The third-order valence-electron chi connectivity index (χ3n) is 2.62. The average Bonchev–Trinajstić information content (AvgIpc) is 2.37. The molecule has 0 bridgehead atoms. The van der Waals surface area contributed by atoms with Crippen molar-refractivity contribution in [2.24, 2.45) is 0 Å². The summed E-state index contributed by atoms with van der Waals surface area (Å²) in [5, 5.41) is 0. The van der Waals surface area contributed by atoms with Crippen LogP contribution in [0.1, 0.15) is 18.5 Å². The number of pyridine rings is 1. The van der Waals surface area contributed by atoms with E-state index in [0.717, 1.165) is 31.6 Å². The van der Waals surface area contributed by atoms with Crippen molar-refractivity contribution < 1.29 is 9.53 Å². The van der Waals surface area contributed by atoms with Crippen molar-refractivity contribution >= 4 is 5.97 Å². The highest BCUT2D eigenvalue weighted by atomic mass is 16.5. The molecule has 94 valence electrons. The molecular formula is C13H20N2O2. The van der Waals surface area contributed by atoms with Crippen LogP contribution in [0.25, 0.3) is 0 Å². The highest BCUT2D eigenvalue weighted by Crippen LogP contribution is 1.99. The van der Waals surface area contributed by atoms with E-state index in [0.29, 0.717) is 6.42 Å². The van der Waals surface area contributed by atoms with Crippen LogP contribution >= 0.6 is 0 Å². The van der Waals surface area contributed by atoms with Gasteiger partial charge in [-0.25, -0.2) is 0 Å². The van der Waals surface area contributed by atoms with E-state index in [9.17, 15) is 4.79 Å². The molecule has 0 saturated heterocycles. The molecule has 0 aliphatic carbocycles. The Hall–Kier alpha value is -1.42. The molecule has 0 aliphatic rings. The van der Waals surface area contributed by atoms with Gasteiger partial charge in [-0.15, -0.1) is 0 Å². The van der Waals surface area contributed by atoms with E-state index in [1.54, 1.807) is 0 Å². The van der Waals surface area contributed by atoms with Gasteiger partial charge in [-0.05, 0) is 32.1 Å². The van der Waals surface area contributed by atoms with Crippen molar-refractivity contribution in [3.63, 3.8) is 0 Å². The number of carbonyl (C=O) groups is 1. The first-order valence-corrected chi connectivity index (χ1v) is 5.87. The van der Waals surface area contributed by atoms with Gasteiger partial charge >= 0.3 is 5.97 Å². The van der Waals surface area contributed by atoms with E-state index < -0.39 is 0 Å². The zero-order chi connectivity index (χ0) is 12.5. The summed E-state index contributed by atoms with van der Waals surface area (Å²) in [6.45, 7) is 1.86. The topological polar surface area (TPSA) is 42.4 Å². The number of aromatic nitrogens is 1. The van der Waals surface area contributed by atoms with Gasteiger partial charge in [0.25, 0.3) is 0 Å². The number of carbonyl (C=O) groups excluding carboxylic acids is 1. The van der Waals surface area contributed by atoms with Crippen LogP contribution in [0.2, 0.25) is 0 Å². The van der Waals surface area contributed by atoms with Crippen LogP contribution in [0.15, 0.2) is 24.4 Å². The van der Waals surface area contributed by atoms with Crippen molar-refractivity contribution in [2.45, 2.75) is 19.3 Å². The quantitative estimate of drug-likeness (QED) is 0.673. The molecule has 0 spiro atoms. The second-order valence-electron chi connectivity index (χ2n) is 4.05. The Bertz CT molecular complexity index is 327. The number of rotatable bonds is 7. The summed E-state index contributed by atoms with van der Waals surface area (Å²) in [6.07, 6.45) is 4.08. The maximum absolute atomic E-state index is 10.9. The Kier molecular flexibility index (Phi) is 6.25. The lowest BCUT2D eigenvalue weighted by Gasteiger charge is -2.15. The summed E-state index contributed by atoms with van der Waals surface area (Å²) in [7, 11) is 3.48. The third kappa shape index (κ3) is 6.02. The van der Waals surface area contributed by atoms with Gasteiger partial charge in [0.1, 0.15) is 0 Å². The van der Waals surface area contributed by atoms with Crippen LogP contribution in [0, 0.1) is 0 Å². The lowest BCUT2D eigenvalue weighted by atomic mass is 10.2. The first kappa shape index (κ1) is 13.6. The van der Waals surface area contributed by atoms with Crippen molar-refractivity contribution in [3.05, 3.63) is 30.1 Å². The number of ether oxygens (including phenoxy) is 1. The maximum Gasteiger partial charge on any atom is 0.305 e. The van der Waals surface area contributed by atoms with Gasteiger partial charge in [-0.3, -0.25) is 9.78 Å². The van der Waals surface area contributed by atoms with Gasteiger partial charge < -0.3 is 9.64 Å². The highest BCUT2D eigenvalue weighted by molar-refractivity contribution is 5.69. The van der Waals surface area contributed by atoms with E-state index in [-0.39, 0.29) is 5.97 Å². The standard InChI is InChI=1S/C13H20N2O2/c1-15(10-5-7-13(16)17-2)11-8-12-6-3-4-9-14-12/h3-4,6,9H,5,7-8,10-11H2,1-2H3. The van der Waals surface area contributed by atoms with Crippen LogP contribution in [-0.4, -0.2) is 43.1 Å². The van der Waals surface area contributed by atoms with Gasteiger partial charge in [0, 0.05) is 31.3 Å². The van der Waals surface area contributed by atoms with Gasteiger partial charge in [0.2, 0.25) is 0 Å². The predicted octanol–water partition coefficient (Wildman–Crippen LogP) is 1.51. The summed E-state index contributed by atoms with van der Waals surface area (Å²) >= 11 is 0. The summed E-state index contributed by atoms with van der Waals surface area (Å²) in [5.74, 6) is -0.136. The summed E-state index contributed by atoms with van der Waals surface area (Å²) in [6, 6.07) is 5.95. The van der Waals surface area contributed by atoms with Gasteiger partial charge in [-0.1, -0.05) is 6.07 Å². The molecule has 4 heteroatoms. The largest absolute Gasteiger partial charge is 0.469 e. The molecule has 0 N–H and O–H groups in total. The number of hydrogen-bond donors (Lipinski definition) is 0. The lowest BCUT2D eigenvalue weighted by Crippen LogP contribution is -2.23. The normalized spacial score (nSPS) is 10.5. The number of hydrogen-bond acceptors (Lipinski definition) is 4. The fourth-order valence-electron chi connectivity index (χ4n) is 1.56. The molecule has 1 aromatic rings. The Balaban J connectivity index is 2.13. The maximum atomic E-state index is 10.9. The van der Waals surface area contributed by atoms with Gasteiger partial charge in [0.05, 0.1) is 7.11 Å². The zero-order valence-corrected chi connectivity index (χ0v) is 10.6. The molecule has 0 aromatic carbocycles. The highest BCUT2D eigenvalue weighted by Gasteiger charge is 2.03. The van der Waals surface area contributed by atoms with Crippen molar-refractivity contribution in [2.75, 3.05) is 27.2 Å². The third-order valence-corrected chi connectivity index (χ3v) is 2.62. The smallest absolute Gasteiger partial charge is 0.305 e. The molecule has 1 heterocycles. The molecule has 0 amide bonds. The molecular weight excluding hydrogens is 216 g/mol. The Morgan fingerprint density at radius 3 is 2.88 bits per heavy atom. The van der Waals surface area contributed by atoms with Crippen LogP contribution in [-0.2, 0) is 16.0 Å². The first-order valence-electron chi connectivity index (χ1n) is 5.87. The van der Waals surface area contributed by atoms with Crippen LogP contribution < -0.4 is 0 Å². The van der Waals surface area contributed by atoms with Crippen molar-refractivity contribution in [1.82, 2.24) is 9.88 Å². The fourth-order valence-corrected chi connectivity index (χ4v) is 1.56. The van der Waals surface area contributed by atoms with Gasteiger partial charge in [0.15, 0.2) is 0 Å². The molecule has 0 fully saturated rings. The Labute approximate surface area is 103 Å². The monoisotopic (exact) mass is 236 g/mol. The lowest BCUT2D eigenvalue weighted by molar-refractivity contribution is -0.140. The molecule has 0 unspecified atom stereocenters. The minimum Gasteiger partial charge on any atom is -0.469 e. The second-order valence-corrected chi connectivity index (χ2v) is 4.05. The molecule has 0 saturated carbocycles. The minimum atomic E-state index is -0.136. The average molecular weight is 236 g/mol. The summed E-state index contributed by atoms with van der Waals surface area (Å²) in [4.78, 5) is 17.4. The number of methoxy groups -OCH3 is 1. The Morgan fingerprint density at radius 1 is 1.41 bits per heavy atom. The van der Waals surface area contributed by atoms with Crippen LogP contribution in [0.3, 0.4) is 0 Å². The van der Waals surface area contributed by atoms with E-state index in [1.807, 2.05) is 24.4 Å².